The molecule has 0 saturated heterocycles. The average Bonchev–Trinajstić information content (AvgIpc) is 3.01. The molecule has 1 aliphatic rings. The van der Waals surface area contributed by atoms with E-state index < -0.39 is 5.91 Å². The smallest absolute Gasteiger partial charge is 0.251 e. The number of anilines is 1. The topological polar surface area (TPSA) is 104 Å². The van der Waals surface area contributed by atoms with Crippen LogP contribution in [0.2, 0.25) is 0 Å². The van der Waals surface area contributed by atoms with Crippen molar-refractivity contribution in [1.82, 2.24) is 5.32 Å². The monoisotopic (exact) mass is 416 g/mol. The number of ether oxygens (including phenoxy) is 5. The molecule has 1 aliphatic heterocycles. The Bertz CT molecular complexity index is 905. The van der Waals surface area contributed by atoms with Crippen LogP contribution in [0.4, 0.5) is 5.69 Å². The van der Waals surface area contributed by atoms with Crippen LogP contribution in [0.3, 0.4) is 0 Å². The van der Waals surface area contributed by atoms with Crippen molar-refractivity contribution in [2.24, 2.45) is 0 Å². The predicted octanol–water partition coefficient (Wildman–Crippen LogP) is 2.24. The van der Waals surface area contributed by atoms with Gasteiger partial charge in [0.05, 0.1) is 41.1 Å². The lowest BCUT2D eigenvalue weighted by Gasteiger charge is -2.14. The molecule has 0 bridgehead atoms. The second-order valence-electron chi connectivity index (χ2n) is 6.36. The van der Waals surface area contributed by atoms with Crippen molar-refractivity contribution in [2.45, 2.75) is 6.42 Å². The molecule has 0 spiro atoms. The number of methoxy groups -OCH3 is 3. The van der Waals surface area contributed by atoms with E-state index in [2.05, 4.69) is 10.6 Å². The molecular formula is C21H24N2O7. The van der Waals surface area contributed by atoms with Crippen LogP contribution in [-0.2, 0) is 4.79 Å². The van der Waals surface area contributed by atoms with Gasteiger partial charge >= 0.3 is 0 Å². The fraction of sp³-hybridized carbons (Fsp3) is 0.333. The molecule has 0 atom stereocenters. The molecule has 0 aliphatic carbocycles. The summed E-state index contributed by atoms with van der Waals surface area (Å²) in [6.07, 6.45) is 0.795. The van der Waals surface area contributed by atoms with Gasteiger partial charge < -0.3 is 34.3 Å². The zero-order valence-electron chi connectivity index (χ0n) is 17.1. The summed E-state index contributed by atoms with van der Waals surface area (Å²) in [4.78, 5) is 24.8. The molecule has 0 fully saturated rings. The highest BCUT2D eigenvalue weighted by Crippen LogP contribution is 2.38. The number of hydrogen-bond donors (Lipinski definition) is 2. The van der Waals surface area contributed by atoms with Gasteiger partial charge in [-0.1, -0.05) is 0 Å². The van der Waals surface area contributed by atoms with Crippen LogP contribution >= 0.6 is 0 Å². The zero-order chi connectivity index (χ0) is 21.5. The number of rotatable bonds is 7. The summed E-state index contributed by atoms with van der Waals surface area (Å²) >= 11 is 0. The summed E-state index contributed by atoms with van der Waals surface area (Å²) in [5.74, 6) is 1.45. The largest absolute Gasteiger partial charge is 0.493 e. The summed E-state index contributed by atoms with van der Waals surface area (Å²) in [5, 5.41) is 5.30. The fourth-order valence-corrected chi connectivity index (χ4v) is 2.92. The lowest BCUT2D eigenvalue weighted by molar-refractivity contribution is -0.115. The molecule has 30 heavy (non-hydrogen) atoms. The van der Waals surface area contributed by atoms with Crippen LogP contribution < -0.4 is 34.3 Å². The summed E-state index contributed by atoms with van der Waals surface area (Å²) in [6, 6.07) is 8.17. The number of fused-ring (bicyclic) bond motifs is 1. The molecule has 0 aromatic heterocycles. The molecule has 0 saturated carbocycles. The second-order valence-corrected chi connectivity index (χ2v) is 6.36. The molecule has 1 heterocycles. The fourth-order valence-electron chi connectivity index (χ4n) is 2.92. The minimum atomic E-state index is -0.455. The highest BCUT2D eigenvalue weighted by atomic mass is 16.5. The molecular weight excluding hydrogens is 392 g/mol. The van der Waals surface area contributed by atoms with E-state index in [-0.39, 0.29) is 18.0 Å². The first-order chi connectivity index (χ1) is 14.5. The Morgan fingerprint density at radius 2 is 1.60 bits per heavy atom. The van der Waals surface area contributed by atoms with Crippen LogP contribution in [0.1, 0.15) is 16.8 Å². The first kappa shape index (κ1) is 21.1. The minimum absolute atomic E-state index is 0.218. The third kappa shape index (κ3) is 4.86. The van der Waals surface area contributed by atoms with Gasteiger partial charge in [0.25, 0.3) is 5.91 Å². The maximum Gasteiger partial charge on any atom is 0.251 e. The number of amides is 2. The summed E-state index contributed by atoms with van der Waals surface area (Å²) in [6.45, 7) is 0.921. The van der Waals surface area contributed by atoms with Crippen LogP contribution in [0.15, 0.2) is 30.3 Å². The standard InChI is InChI=1S/C21H24N2O7/c1-26-17-9-13(10-18(27-2)20(17)28-3)21(25)22-12-19(24)23-14-5-6-15-16(11-14)30-8-4-7-29-15/h5-6,9-11H,4,7-8,12H2,1-3H3,(H,22,25)(H,23,24). The predicted molar refractivity (Wildman–Crippen MR) is 109 cm³/mol. The van der Waals surface area contributed by atoms with Crippen molar-refractivity contribution in [3.8, 4) is 28.7 Å². The van der Waals surface area contributed by atoms with Crippen molar-refractivity contribution in [3.63, 3.8) is 0 Å². The van der Waals surface area contributed by atoms with Crippen molar-refractivity contribution in [3.05, 3.63) is 35.9 Å². The molecule has 0 radical (unpaired) electrons. The maximum atomic E-state index is 12.5. The van der Waals surface area contributed by atoms with E-state index in [1.807, 2.05) is 0 Å². The Hall–Kier alpha value is -3.62. The Labute approximate surface area is 174 Å². The highest BCUT2D eigenvalue weighted by Gasteiger charge is 2.18. The number of carbonyl (C=O) groups excluding carboxylic acids is 2. The van der Waals surface area contributed by atoms with Gasteiger partial charge in [-0.3, -0.25) is 9.59 Å². The number of benzene rings is 2. The van der Waals surface area contributed by atoms with E-state index in [4.69, 9.17) is 23.7 Å². The highest BCUT2D eigenvalue weighted by molar-refractivity contribution is 6.00. The van der Waals surface area contributed by atoms with Crippen molar-refractivity contribution < 1.29 is 33.3 Å². The first-order valence-electron chi connectivity index (χ1n) is 9.33. The lowest BCUT2D eigenvalue weighted by atomic mass is 10.1. The van der Waals surface area contributed by atoms with Crippen LogP contribution in [-0.4, -0.2) is 52.9 Å². The molecule has 160 valence electrons. The molecule has 2 amide bonds. The number of nitrogens with one attached hydrogen (secondary N) is 2. The van der Waals surface area contributed by atoms with Crippen molar-refractivity contribution >= 4 is 17.5 Å². The van der Waals surface area contributed by atoms with E-state index in [0.29, 0.717) is 47.6 Å². The zero-order valence-corrected chi connectivity index (χ0v) is 17.1. The average molecular weight is 416 g/mol. The van der Waals surface area contributed by atoms with Crippen molar-refractivity contribution in [2.75, 3.05) is 46.4 Å². The van der Waals surface area contributed by atoms with Gasteiger partial charge in [-0.15, -0.1) is 0 Å². The van der Waals surface area contributed by atoms with Crippen LogP contribution in [0.5, 0.6) is 28.7 Å². The van der Waals surface area contributed by atoms with E-state index in [9.17, 15) is 9.59 Å². The van der Waals surface area contributed by atoms with E-state index in [1.165, 1.54) is 33.5 Å². The van der Waals surface area contributed by atoms with Crippen molar-refractivity contribution in [1.29, 1.82) is 0 Å². The lowest BCUT2D eigenvalue weighted by Crippen LogP contribution is -2.32. The quantitative estimate of drug-likeness (QED) is 0.713. The molecule has 0 unspecified atom stereocenters. The SMILES string of the molecule is COc1cc(C(=O)NCC(=O)Nc2ccc3c(c2)OCCCO3)cc(OC)c1OC. The minimum Gasteiger partial charge on any atom is -0.493 e. The van der Waals surface area contributed by atoms with Gasteiger partial charge in [-0.05, 0) is 24.3 Å². The normalized spacial score (nSPS) is 12.4. The second kappa shape index (κ2) is 9.73. The summed E-state index contributed by atoms with van der Waals surface area (Å²) < 4.78 is 26.9. The molecule has 2 N–H and O–H groups in total. The van der Waals surface area contributed by atoms with Gasteiger partial charge in [-0.2, -0.15) is 0 Å². The van der Waals surface area contributed by atoms with Gasteiger partial charge in [0.2, 0.25) is 11.7 Å². The molecule has 9 nitrogen and oxygen atoms in total. The molecule has 2 aromatic carbocycles. The van der Waals surface area contributed by atoms with Crippen LogP contribution in [0, 0.1) is 0 Å². The first-order valence-corrected chi connectivity index (χ1v) is 9.33. The van der Waals surface area contributed by atoms with E-state index >= 15 is 0 Å². The van der Waals surface area contributed by atoms with Gasteiger partial charge in [-0.25, -0.2) is 0 Å². The Morgan fingerprint density at radius 1 is 0.933 bits per heavy atom. The summed E-state index contributed by atoms with van der Waals surface area (Å²) in [5.41, 5.74) is 0.819. The molecule has 2 aromatic rings. The molecule has 9 heteroatoms. The number of carbonyl (C=O) groups is 2. The maximum absolute atomic E-state index is 12.5. The molecule has 3 rings (SSSR count). The third-order valence-electron chi connectivity index (χ3n) is 4.37. The Morgan fingerprint density at radius 3 is 2.23 bits per heavy atom. The van der Waals surface area contributed by atoms with Gasteiger partial charge in [0.15, 0.2) is 23.0 Å². The van der Waals surface area contributed by atoms with E-state index in [0.717, 1.165) is 6.42 Å². The van der Waals surface area contributed by atoms with Gasteiger partial charge in [0, 0.05) is 23.7 Å². The third-order valence-corrected chi connectivity index (χ3v) is 4.37. The Balaban J connectivity index is 1.62. The van der Waals surface area contributed by atoms with Gasteiger partial charge in [0.1, 0.15) is 0 Å². The van der Waals surface area contributed by atoms with E-state index in [1.54, 1.807) is 18.2 Å². The Kier molecular flexibility index (Phi) is 6.84. The van der Waals surface area contributed by atoms with Crippen LogP contribution in [0.25, 0.3) is 0 Å². The summed E-state index contributed by atoms with van der Waals surface area (Å²) in [7, 11) is 4.40. The number of hydrogen-bond acceptors (Lipinski definition) is 7.